The molecule has 3 rings (SSSR count). The molecule has 0 bridgehead atoms. The molecule has 21 heavy (non-hydrogen) atoms. The average Bonchev–Trinajstić information content (AvgIpc) is 3.10. The highest BCUT2D eigenvalue weighted by atomic mass is 32.1. The zero-order valence-corrected chi connectivity index (χ0v) is 12.9. The topological polar surface area (TPSA) is 78.4 Å². The minimum absolute atomic E-state index is 0.0525. The van der Waals surface area contributed by atoms with Gasteiger partial charge in [0.15, 0.2) is 0 Å². The van der Waals surface area contributed by atoms with E-state index in [1.54, 1.807) is 11.8 Å². The Kier molecular flexibility index (Phi) is 4.05. The highest BCUT2D eigenvalue weighted by Crippen LogP contribution is 2.25. The van der Waals surface area contributed by atoms with E-state index in [9.17, 15) is 9.59 Å². The second kappa shape index (κ2) is 5.97. The number of aryl methyl sites for hydroxylation is 1. The van der Waals surface area contributed by atoms with E-state index in [0.29, 0.717) is 30.1 Å². The zero-order chi connectivity index (χ0) is 14.8. The van der Waals surface area contributed by atoms with Gasteiger partial charge in [0.2, 0.25) is 11.0 Å². The van der Waals surface area contributed by atoms with Gasteiger partial charge in [-0.2, -0.15) is 4.37 Å². The number of nitrogens with zero attached hydrogens (tertiary/aromatic N) is 4. The Labute approximate surface area is 127 Å². The van der Waals surface area contributed by atoms with Crippen LogP contribution in [0.5, 0.6) is 0 Å². The number of nitrogens with one attached hydrogen (secondary N) is 1. The second-order valence-corrected chi connectivity index (χ2v) is 6.28. The van der Waals surface area contributed by atoms with Gasteiger partial charge in [-0.1, -0.05) is 12.8 Å². The van der Waals surface area contributed by atoms with Crippen LogP contribution in [0.3, 0.4) is 0 Å². The van der Waals surface area contributed by atoms with Crippen LogP contribution in [0.1, 0.15) is 31.5 Å². The van der Waals surface area contributed by atoms with Gasteiger partial charge >= 0.3 is 6.03 Å². The number of piperazine rings is 1. The van der Waals surface area contributed by atoms with Crippen molar-refractivity contribution in [2.24, 2.45) is 0 Å². The van der Waals surface area contributed by atoms with Gasteiger partial charge in [-0.15, -0.1) is 0 Å². The normalized spacial score (nSPS) is 20.1. The number of urea groups is 1. The molecule has 2 aliphatic rings. The minimum Gasteiger partial charge on any atom is -0.336 e. The molecule has 0 aromatic carbocycles. The minimum atomic E-state index is -0.273. The molecule has 1 aliphatic carbocycles. The third-order valence-corrected chi connectivity index (χ3v) is 4.77. The summed E-state index contributed by atoms with van der Waals surface area (Å²) in [6.45, 7) is 3.13. The Morgan fingerprint density at radius 1 is 1.33 bits per heavy atom. The third-order valence-electron chi connectivity index (χ3n) is 4.05. The Balaban J connectivity index is 1.56. The molecule has 7 nitrogen and oxygen atoms in total. The van der Waals surface area contributed by atoms with Crippen LogP contribution in [0, 0.1) is 6.92 Å². The highest BCUT2D eigenvalue weighted by molar-refractivity contribution is 7.09. The maximum absolute atomic E-state index is 12.2. The molecule has 1 saturated carbocycles. The molecule has 0 radical (unpaired) electrons. The molecule has 8 heteroatoms. The van der Waals surface area contributed by atoms with Crippen molar-refractivity contribution in [3.05, 3.63) is 5.82 Å². The van der Waals surface area contributed by atoms with Crippen LogP contribution in [0.15, 0.2) is 0 Å². The molecular weight excluding hydrogens is 290 g/mol. The molecule has 0 atom stereocenters. The summed E-state index contributed by atoms with van der Waals surface area (Å²) in [4.78, 5) is 32.0. The van der Waals surface area contributed by atoms with E-state index < -0.39 is 0 Å². The van der Waals surface area contributed by atoms with E-state index in [0.717, 1.165) is 24.4 Å². The first-order chi connectivity index (χ1) is 10.1. The van der Waals surface area contributed by atoms with Gasteiger partial charge in [0, 0.05) is 30.7 Å². The van der Waals surface area contributed by atoms with Gasteiger partial charge in [0.25, 0.3) is 0 Å². The summed E-state index contributed by atoms with van der Waals surface area (Å²) < 4.78 is 4.02. The standard InChI is InChI=1S/C13H19N5O2S/c1-9-14-12(21-16-9)15-13(20)17-6-7-18(11(19)8-17)10-4-2-3-5-10/h10H,2-8H2,1H3,(H,14,15,16,20). The SMILES string of the molecule is Cc1nsc(NC(=O)N2CCN(C3CCCC3)C(=O)C2)n1. The van der Waals surface area contributed by atoms with Gasteiger partial charge in [0.1, 0.15) is 12.4 Å². The van der Waals surface area contributed by atoms with Crippen molar-refractivity contribution in [1.29, 1.82) is 0 Å². The van der Waals surface area contributed by atoms with Crippen LogP contribution >= 0.6 is 11.5 Å². The molecule has 2 fully saturated rings. The molecule has 0 unspecified atom stereocenters. The number of carbonyl (C=O) groups excluding carboxylic acids is 2. The predicted molar refractivity (Wildman–Crippen MR) is 79.2 cm³/mol. The fourth-order valence-electron chi connectivity index (χ4n) is 2.98. The largest absolute Gasteiger partial charge is 0.336 e. The summed E-state index contributed by atoms with van der Waals surface area (Å²) in [6, 6.07) is 0.110. The number of hydrogen-bond donors (Lipinski definition) is 1. The maximum atomic E-state index is 12.2. The highest BCUT2D eigenvalue weighted by Gasteiger charge is 2.33. The van der Waals surface area contributed by atoms with E-state index in [1.807, 2.05) is 4.90 Å². The number of anilines is 1. The average molecular weight is 309 g/mol. The van der Waals surface area contributed by atoms with Crippen LogP contribution < -0.4 is 5.32 Å². The summed E-state index contributed by atoms with van der Waals surface area (Å²) >= 11 is 1.15. The number of rotatable bonds is 2. The number of amides is 3. The molecule has 1 aromatic rings. The molecule has 1 aliphatic heterocycles. The van der Waals surface area contributed by atoms with Gasteiger partial charge < -0.3 is 9.80 Å². The summed E-state index contributed by atoms with van der Waals surface area (Å²) in [5.41, 5.74) is 0. The van der Waals surface area contributed by atoms with E-state index in [2.05, 4.69) is 14.7 Å². The predicted octanol–water partition coefficient (Wildman–Crippen LogP) is 1.47. The Hall–Kier alpha value is -1.70. The Morgan fingerprint density at radius 2 is 2.10 bits per heavy atom. The van der Waals surface area contributed by atoms with Gasteiger partial charge in [-0.3, -0.25) is 10.1 Å². The summed E-state index contributed by atoms with van der Waals surface area (Å²) in [6.07, 6.45) is 4.61. The van der Waals surface area contributed by atoms with Crippen LogP contribution in [0.4, 0.5) is 9.93 Å². The molecular formula is C13H19N5O2S. The van der Waals surface area contributed by atoms with Crippen LogP contribution in [-0.4, -0.2) is 56.8 Å². The first kappa shape index (κ1) is 14.2. The van der Waals surface area contributed by atoms with Gasteiger partial charge in [-0.25, -0.2) is 9.78 Å². The second-order valence-electron chi connectivity index (χ2n) is 5.52. The van der Waals surface area contributed by atoms with E-state index >= 15 is 0 Å². The zero-order valence-electron chi connectivity index (χ0n) is 12.0. The maximum Gasteiger partial charge on any atom is 0.324 e. The first-order valence-corrected chi connectivity index (χ1v) is 8.06. The van der Waals surface area contributed by atoms with Crippen molar-refractivity contribution in [3.8, 4) is 0 Å². The van der Waals surface area contributed by atoms with Crippen molar-refractivity contribution >= 4 is 28.6 Å². The lowest BCUT2D eigenvalue weighted by atomic mass is 10.2. The molecule has 114 valence electrons. The molecule has 1 N–H and O–H groups in total. The summed E-state index contributed by atoms with van der Waals surface area (Å²) in [5, 5.41) is 3.17. The smallest absolute Gasteiger partial charge is 0.324 e. The lowest BCUT2D eigenvalue weighted by molar-refractivity contribution is -0.137. The summed E-state index contributed by atoms with van der Waals surface area (Å²) in [5.74, 6) is 0.689. The Morgan fingerprint density at radius 3 is 2.71 bits per heavy atom. The Bertz CT molecular complexity index is 540. The molecule has 3 amide bonds. The molecule has 0 spiro atoms. The fourth-order valence-corrected chi connectivity index (χ4v) is 3.55. The lowest BCUT2D eigenvalue weighted by Crippen LogP contribution is -2.55. The number of aromatic nitrogens is 2. The van der Waals surface area contributed by atoms with E-state index in [1.165, 1.54) is 12.8 Å². The summed E-state index contributed by atoms with van der Waals surface area (Å²) in [7, 11) is 0. The fraction of sp³-hybridized carbons (Fsp3) is 0.692. The third kappa shape index (κ3) is 3.15. The first-order valence-electron chi connectivity index (χ1n) is 7.29. The van der Waals surface area contributed by atoms with Crippen molar-refractivity contribution < 1.29 is 9.59 Å². The monoisotopic (exact) mass is 309 g/mol. The van der Waals surface area contributed by atoms with Crippen molar-refractivity contribution in [3.63, 3.8) is 0 Å². The molecule has 2 heterocycles. The van der Waals surface area contributed by atoms with Crippen LogP contribution in [0.25, 0.3) is 0 Å². The van der Waals surface area contributed by atoms with Gasteiger partial charge in [-0.05, 0) is 19.8 Å². The van der Waals surface area contributed by atoms with E-state index in [4.69, 9.17) is 0 Å². The van der Waals surface area contributed by atoms with Crippen LogP contribution in [0.2, 0.25) is 0 Å². The number of carbonyl (C=O) groups is 2. The molecule has 1 aromatic heterocycles. The number of hydrogen-bond acceptors (Lipinski definition) is 5. The molecule has 1 saturated heterocycles. The van der Waals surface area contributed by atoms with Crippen molar-refractivity contribution in [2.75, 3.05) is 25.0 Å². The van der Waals surface area contributed by atoms with Gasteiger partial charge in [0.05, 0.1) is 0 Å². The van der Waals surface area contributed by atoms with Crippen LogP contribution in [-0.2, 0) is 4.79 Å². The lowest BCUT2D eigenvalue weighted by Gasteiger charge is -2.37. The van der Waals surface area contributed by atoms with Crippen molar-refractivity contribution in [2.45, 2.75) is 38.6 Å². The van der Waals surface area contributed by atoms with Crippen molar-refractivity contribution in [1.82, 2.24) is 19.2 Å². The quantitative estimate of drug-likeness (QED) is 0.897. The van der Waals surface area contributed by atoms with E-state index in [-0.39, 0.29) is 18.5 Å².